The van der Waals surface area contributed by atoms with Crippen molar-refractivity contribution in [3.05, 3.63) is 90.8 Å². The second-order valence-electron chi connectivity index (χ2n) is 6.05. The van der Waals surface area contributed by atoms with Crippen molar-refractivity contribution in [3.63, 3.8) is 0 Å². The minimum atomic E-state index is -3.86. The number of aromatic nitrogens is 1. The molecule has 0 aliphatic rings. The van der Waals surface area contributed by atoms with Crippen LogP contribution < -0.4 is 20.1 Å². The number of anilines is 1. The van der Waals surface area contributed by atoms with Crippen molar-refractivity contribution in [2.75, 3.05) is 5.32 Å². The second-order valence-corrected chi connectivity index (χ2v) is 7.73. The maximum absolute atomic E-state index is 12.2. The number of carbonyl (C=O) groups is 2. The highest BCUT2D eigenvalue weighted by Crippen LogP contribution is 2.06. The number of nitrogens with zero attached hydrogens (tertiary/aromatic N) is 1. The van der Waals surface area contributed by atoms with Crippen molar-refractivity contribution >= 4 is 27.5 Å². The molecule has 2 amide bonds. The van der Waals surface area contributed by atoms with Gasteiger partial charge in [-0.1, -0.05) is 36.4 Å². The molecule has 1 heterocycles. The van der Waals surface area contributed by atoms with Crippen molar-refractivity contribution in [2.45, 2.75) is 11.4 Å². The van der Waals surface area contributed by atoms with E-state index in [0.717, 1.165) is 0 Å². The molecule has 1 aromatic heterocycles. The fourth-order valence-corrected chi connectivity index (χ4v) is 3.31. The molecule has 0 aliphatic carbocycles. The van der Waals surface area contributed by atoms with Gasteiger partial charge in [0.15, 0.2) is 12.4 Å². The maximum atomic E-state index is 12.2. The first kappa shape index (κ1) is 20.2. The van der Waals surface area contributed by atoms with Gasteiger partial charge in [-0.2, -0.15) is 4.57 Å². The standard InChI is InChI=1S/C20H18N4O4S/c25-19(21-17-7-3-1-4-8-17)15-24-13-11-16(12-14-24)20(26)22-23-29(27,28)18-9-5-2-6-10-18/h1-14H,15H2,(H2,21,25,26)/p+1. The highest BCUT2D eigenvalue weighted by Gasteiger charge is 2.16. The molecule has 0 atom stereocenters. The van der Waals surface area contributed by atoms with Crippen LogP contribution in [0.5, 0.6) is 0 Å². The number of hydrazine groups is 1. The zero-order valence-electron chi connectivity index (χ0n) is 15.3. The van der Waals surface area contributed by atoms with Crippen LogP contribution in [0.2, 0.25) is 0 Å². The number of rotatable bonds is 7. The van der Waals surface area contributed by atoms with Gasteiger partial charge < -0.3 is 5.32 Å². The van der Waals surface area contributed by atoms with Crippen molar-refractivity contribution in [3.8, 4) is 0 Å². The van der Waals surface area contributed by atoms with E-state index in [4.69, 9.17) is 0 Å². The van der Waals surface area contributed by atoms with Crippen LogP contribution in [0.3, 0.4) is 0 Å². The predicted molar refractivity (Wildman–Crippen MR) is 106 cm³/mol. The summed E-state index contributed by atoms with van der Waals surface area (Å²) in [5.74, 6) is -0.834. The van der Waals surface area contributed by atoms with E-state index in [1.165, 1.54) is 24.3 Å². The van der Waals surface area contributed by atoms with Gasteiger partial charge in [0, 0.05) is 17.8 Å². The largest absolute Gasteiger partial charge is 0.321 e. The summed E-state index contributed by atoms with van der Waals surface area (Å²) in [6, 6.07) is 19.7. The highest BCUT2D eigenvalue weighted by atomic mass is 32.2. The molecule has 0 spiro atoms. The average molecular weight is 411 g/mol. The quantitative estimate of drug-likeness (QED) is 0.401. The number of amides is 2. The van der Waals surface area contributed by atoms with E-state index >= 15 is 0 Å². The lowest BCUT2D eigenvalue weighted by Gasteiger charge is -2.08. The lowest BCUT2D eigenvalue weighted by atomic mass is 10.2. The molecule has 0 saturated carbocycles. The first-order valence-electron chi connectivity index (χ1n) is 8.65. The minimum absolute atomic E-state index is 0.0376. The van der Waals surface area contributed by atoms with Crippen LogP contribution in [0.4, 0.5) is 5.69 Å². The molecular weight excluding hydrogens is 392 g/mol. The van der Waals surface area contributed by atoms with Crippen LogP contribution in [0.1, 0.15) is 10.4 Å². The number of para-hydroxylation sites is 1. The van der Waals surface area contributed by atoms with Gasteiger partial charge in [-0.3, -0.25) is 15.0 Å². The molecule has 3 rings (SSSR count). The lowest BCUT2D eigenvalue weighted by Crippen LogP contribution is -2.42. The minimum Gasteiger partial charge on any atom is -0.321 e. The van der Waals surface area contributed by atoms with Crippen LogP contribution in [0, 0.1) is 0 Å². The van der Waals surface area contributed by atoms with Crippen LogP contribution in [-0.4, -0.2) is 20.2 Å². The number of carbonyl (C=O) groups excluding carboxylic acids is 2. The van der Waals surface area contributed by atoms with Gasteiger partial charge in [-0.15, -0.1) is 4.83 Å². The lowest BCUT2D eigenvalue weighted by molar-refractivity contribution is -0.684. The Labute approximate surface area is 168 Å². The van der Waals surface area contributed by atoms with E-state index in [9.17, 15) is 18.0 Å². The summed E-state index contributed by atoms with van der Waals surface area (Å²) in [6.07, 6.45) is 3.12. The Morgan fingerprint density at radius 1 is 0.828 bits per heavy atom. The average Bonchev–Trinajstić information content (AvgIpc) is 2.74. The third-order valence-corrected chi connectivity index (χ3v) is 5.15. The van der Waals surface area contributed by atoms with E-state index in [-0.39, 0.29) is 22.9 Å². The molecule has 0 unspecified atom stereocenters. The second kappa shape index (κ2) is 9.09. The number of pyridine rings is 1. The number of sulfonamides is 1. The van der Waals surface area contributed by atoms with Crippen LogP contribution in [0.15, 0.2) is 90.1 Å². The fraction of sp³-hybridized carbons (Fsp3) is 0.0500. The monoisotopic (exact) mass is 411 g/mol. The Kier molecular flexibility index (Phi) is 6.32. The first-order valence-corrected chi connectivity index (χ1v) is 10.1. The third kappa shape index (κ3) is 5.71. The molecular formula is C20H19N4O4S+. The van der Waals surface area contributed by atoms with Gasteiger partial charge in [0.1, 0.15) is 0 Å². The van der Waals surface area contributed by atoms with E-state index in [1.54, 1.807) is 47.3 Å². The van der Waals surface area contributed by atoms with Crippen LogP contribution >= 0.6 is 0 Å². The van der Waals surface area contributed by atoms with Crippen LogP contribution in [-0.2, 0) is 21.4 Å². The Morgan fingerprint density at radius 2 is 1.41 bits per heavy atom. The van der Waals surface area contributed by atoms with E-state index in [1.807, 2.05) is 23.0 Å². The molecule has 8 nitrogen and oxygen atoms in total. The topological polar surface area (TPSA) is 108 Å². The summed E-state index contributed by atoms with van der Waals surface area (Å²) in [5, 5.41) is 2.76. The number of hydrogen-bond donors (Lipinski definition) is 3. The summed E-state index contributed by atoms with van der Waals surface area (Å²) in [7, 11) is -3.86. The van der Waals surface area contributed by atoms with Crippen molar-refractivity contribution < 1.29 is 22.6 Å². The Balaban J connectivity index is 1.55. The molecule has 29 heavy (non-hydrogen) atoms. The molecule has 0 aliphatic heterocycles. The van der Waals surface area contributed by atoms with Crippen molar-refractivity contribution in [1.29, 1.82) is 0 Å². The molecule has 9 heteroatoms. The Hall–Kier alpha value is -3.56. The Bertz CT molecular complexity index is 1090. The summed E-state index contributed by atoms with van der Waals surface area (Å²) in [6.45, 7) is 0.0669. The maximum Gasteiger partial charge on any atom is 0.290 e. The van der Waals surface area contributed by atoms with Gasteiger partial charge in [0.2, 0.25) is 6.54 Å². The number of hydrogen-bond acceptors (Lipinski definition) is 4. The molecule has 2 aromatic carbocycles. The summed E-state index contributed by atoms with van der Waals surface area (Å²) in [4.78, 5) is 26.3. The first-order chi connectivity index (χ1) is 13.9. The highest BCUT2D eigenvalue weighted by molar-refractivity contribution is 7.89. The predicted octanol–water partition coefficient (Wildman–Crippen LogP) is 1.24. The molecule has 148 valence electrons. The normalized spacial score (nSPS) is 10.9. The van der Waals surface area contributed by atoms with Gasteiger partial charge in [-0.25, -0.2) is 8.42 Å². The van der Waals surface area contributed by atoms with Gasteiger partial charge in [0.25, 0.3) is 21.8 Å². The van der Waals surface area contributed by atoms with Gasteiger partial charge in [0.05, 0.1) is 10.5 Å². The molecule has 0 bridgehead atoms. The van der Waals surface area contributed by atoms with Crippen molar-refractivity contribution in [1.82, 2.24) is 10.3 Å². The SMILES string of the molecule is O=C(C[n+]1ccc(C(=O)NNS(=O)(=O)c2ccccc2)cc1)Nc1ccccc1. The molecule has 0 fully saturated rings. The summed E-state index contributed by atoms with van der Waals surface area (Å²) >= 11 is 0. The third-order valence-electron chi connectivity index (χ3n) is 3.89. The van der Waals surface area contributed by atoms with E-state index in [2.05, 4.69) is 10.7 Å². The zero-order chi connectivity index (χ0) is 20.7. The van der Waals surface area contributed by atoms with Crippen molar-refractivity contribution in [2.24, 2.45) is 0 Å². The van der Waals surface area contributed by atoms with E-state index in [0.29, 0.717) is 5.69 Å². The van der Waals surface area contributed by atoms with E-state index < -0.39 is 15.9 Å². The smallest absolute Gasteiger partial charge is 0.290 e. The molecule has 0 saturated heterocycles. The van der Waals surface area contributed by atoms with Crippen LogP contribution in [0.25, 0.3) is 0 Å². The molecule has 3 aromatic rings. The zero-order valence-corrected chi connectivity index (χ0v) is 16.1. The molecule has 3 N–H and O–H groups in total. The Morgan fingerprint density at radius 3 is 2.03 bits per heavy atom. The van der Waals surface area contributed by atoms with Gasteiger partial charge in [-0.05, 0) is 24.3 Å². The number of nitrogens with one attached hydrogen (secondary N) is 3. The summed E-state index contributed by atoms with van der Waals surface area (Å²) < 4.78 is 25.8. The summed E-state index contributed by atoms with van der Waals surface area (Å²) in [5.41, 5.74) is 3.10. The molecule has 0 radical (unpaired) electrons. The fourth-order valence-electron chi connectivity index (χ4n) is 2.45. The number of benzene rings is 2. The van der Waals surface area contributed by atoms with Gasteiger partial charge >= 0.3 is 0 Å².